The first-order valence-electron chi connectivity index (χ1n) is 10.1. The van der Waals surface area contributed by atoms with Gasteiger partial charge in [0.25, 0.3) is 5.91 Å². The normalized spacial score (nSPS) is 18.8. The predicted molar refractivity (Wildman–Crippen MR) is 116 cm³/mol. The Kier molecular flexibility index (Phi) is 6.69. The molecular weight excluding hydrogens is 439 g/mol. The minimum absolute atomic E-state index is 0.0502. The van der Waals surface area contributed by atoms with Gasteiger partial charge in [-0.2, -0.15) is 0 Å². The largest absolute Gasteiger partial charge is 0.439 e. The maximum absolute atomic E-state index is 14.0. The van der Waals surface area contributed by atoms with Crippen molar-refractivity contribution in [1.82, 2.24) is 20.8 Å². The van der Waals surface area contributed by atoms with E-state index in [1.165, 1.54) is 12.1 Å². The first kappa shape index (κ1) is 22.2. The van der Waals surface area contributed by atoms with Crippen LogP contribution >= 0.6 is 11.6 Å². The fourth-order valence-electron chi connectivity index (χ4n) is 3.71. The van der Waals surface area contributed by atoms with Crippen molar-refractivity contribution in [2.24, 2.45) is 5.92 Å². The number of nitrogens with one attached hydrogen (secondary N) is 3. The number of benzene rings is 2. The molecule has 32 heavy (non-hydrogen) atoms. The van der Waals surface area contributed by atoms with Crippen molar-refractivity contribution >= 4 is 17.5 Å². The Morgan fingerprint density at radius 1 is 1.31 bits per heavy atom. The number of nitrogens with zero attached hydrogens (tertiary/aromatic N) is 1. The highest BCUT2D eigenvalue weighted by Crippen LogP contribution is 2.29. The fourth-order valence-corrected chi connectivity index (χ4v) is 3.83. The smallest absolute Gasteiger partial charge is 0.372 e. The average Bonchev–Trinajstić information content (AvgIpc) is 3.08. The minimum Gasteiger partial charge on any atom is -0.372 e. The Morgan fingerprint density at radius 3 is 2.91 bits per heavy atom. The highest BCUT2D eigenvalue weighted by molar-refractivity contribution is 6.30. The maximum atomic E-state index is 14.0. The molecular formula is C22H22ClFN4O4. The van der Waals surface area contributed by atoms with Crippen molar-refractivity contribution in [2.75, 3.05) is 26.2 Å². The lowest BCUT2D eigenvalue weighted by molar-refractivity contribution is 0.0304. The van der Waals surface area contributed by atoms with Gasteiger partial charge in [-0.15, -0.1) is 0 Å². The Labute approximate surface area is 188 Å². The van der Waals surface area contributed by atoms with E-state index in [9.17, 15) is 14.0 Å². The molecule has 3 N–H and O–H groups in total. The predicted octanol–water partition coefficient (Wildman–Crippen LogP) is 2.84. The molecule has 0 bridgehead atoms. The van der Waals surface area contributed by atoms with Crippen molar-refractivity contribution in [3.8, 4) is 11.4 Å². The fraction of sp³-hybridized carbons (Fsp3) is 0.318. The van der Waals surface area contributed by atoms with Crippen molar-refractivity contribution in [3.05, 3.63) is 74.5 Å². The Balaban J connectivity index is 1.51. The van der Waals surface area contributed by atoms with Crippen LogP contribution < -0.4 is 16.4 Å². The molecule has 4 rings (SSSR count). The third-order valence-corrected chi connectivity index (χ3v) is 5.71. The first-order chi connectivity index (χ1) is 15.4. The van der Waals surface area contributed by atoms with E-state index >= 15 is 0 Å². The van der Waals surface area contributed by atoms with Gasteiger partial charge in [0.2, 0.25) is 0 Å². The van der Waals surface area contributed by atoms with Gasteiger partial charge in [0.05, 0.1) is 17.7 Å². The summed E-state index contributed by atoms with van der Waals surface area (Å²) in [5.41, 5.74) is 2.44. The van der Waals surface area contributed by atoms with Gasteiger partial charge in [-0.1, -0.05) is 35.0 Å². The molecule has 1 amide bonds. The van der Waals surface area contributed by atoms with Crippen LogP contribution in [0.15, 0.2) is 45.7 Å². The van der Waals surface area contributed by atoms with E-state index in [2.05, 4.69) is 25.3 Å². The Bertz CT molecular complexity index is 1180. The third-order valence-electron chi connectivity index (χ3n) is 5.40. The number of ether oxygens (including phenoxy) is 1. The lowest BCUT2D eigenvalue weighted by Crippen LogP contribution is -2.36. The molecule has 1 saturated heterocycles. The first-order valence-corrected chi connectivity index (χ1v) is 10.5. The molecule has 0 spiro atoms. The van der Waals surface area contributed by atoms with Crippen LogP contribution in [-0.2, 0) is 4.74 Å². The molecule has 2 aromatic carbocycles. The van der Waals surface area contributed by atoms with Gasteiger partial charge >= 0.3 is 5.76 Å². The molecule has 0 aliphatic carbocycles. The number of carbonyl (C=O) groups excluding carboxylic acids is 1. The van der Waals surface area contributed by atoms with Crippen LogP contribution in [0, 0.1) is 18.7 Å². The summed E-state index contributed by atoms with van der Waals surface area (Å²) in [7, 11) is 0. The summed E-state index contributed by atoms with van der Waals surface area (Å²) in [6.45, 7) is 3.85. The standard InChI is InChI=1S/C22H22ClFN4O4/c1-12-2-3-14(20-27-22(30)32-28-20)8-16(12)21(29)26-11-15-10-25-6-7-31-19(15)13-4-5-17(23)18(24)9-13/h2-5,8-9,15,19,25H,6-7,10-11H2,1H3,(H,26,29)(H,27,28,30). The molecule has 2 atom stereocenters. The molecule has 2 heterocycles. The van der Waals surface area contributed by atoms with Crippen molar-refractivity contribution < 1.29 is 18.4 Å². The summed E-state index contributed by atoms with van der Waals surface area (Å²) in [6.07, 6.45) is -0.398. The number of aryl methyl sites for hydroxylation is 1. The summed E-state index contributed by atoms with van der Waals surface area (Å²) in [6, 6.07) is 9.78. The van der Waals surface area contributed by atoms with Gasteiger partial charge in [-0.05, 0) is 36.2 Å². The van der Waals surface area contributed by atoms with E-state index < -0.39 is 17.7 Å². The third kappa shape index (κ3) is 4.90. The molecule has 1 aliphatic rings. The molecule has 1 aromatic heterocycles. The quantitative estimate of drug-likeness (QED) is 0.540. The summed E-state index contributed by atoms with van der Waals surface area (Å²) in [5.74, 6) is -1.34. The monoisotopic (exact) mass is 460 g/mol. The summed E-state index contributed by atoms with van der Waals surface area (Å²) in [5, 5.41) is 9.95. The highest BCUT2D eigenvalue weighted by Gasteiger charge is 2.27. The number of halogens is 2. The van der Waals surface area contributed by atoms with E-state index in [1.54, 1.807) is 24.3 Å². The van der Waals surface area contributed by atoms with Crippen molar-refractivity contribution in [1.29, 1.82) is 0 Å². The van der Waals surface area contributed by atoms with Gasteiger partial charge in [0.1, 0.15) is 5.82 Å². The van der Waals surface area contributed by atoms with Crippen LogP contribution in [0.25, 0.3) is 11.4 Å². The van der Waals surface area contributed by atoms with Crippen molar-refractivity contribution in [3.63, 3.8) is 0 Å². The van der Waals surface area contributed by atoms with Gasteiger partial charge in [0, 0.05) is 36.7 Å². The maximum Gasteiger partial charge on any atom is 0.439 e. The Hall–Kier alpha value is -3.01. The van der Waals surface area contributed by atoms with Gasteiger partial charge in [-0.25, -0.2) is 9.18 Å². The van der Waals surface area contributed by atoms with E-state index in [0.29, 0.717) is 42.9 Å². The topological polar surface area (TPSA) is 109 Å². The number of hydrogen-bond acceptors (Lipinski definition) is 6. The second kappa shape index (κ2) is 9.64. The Morgan fingerprint density at radius 2 is 2.16 bits per heavy atom. The van der Waals surface area contributed by atoms with Crippen molar-refractivity contribution in [2.45, 2.75) is 13.0 Å². The lowest BCUT2D eigenvalue weighted by Gasteiger charge is -2.25. The summed E-state index contributed by atoms with van der Waals surface area (Å²) in [4.78, 5) is 26.7. The molecule has 10 heteroatoms. The van der Waals surface area contributed by atoms with Crippen LogP contribution in [-0.4, -0.2) is 42.3 Å². The van der Waals surface area contributed by atoms with Crippen LogP contribution in [0.2, 0.25) is 5.02 Å². The number of amides is 1. The molecule has 8 nitrogen and oxygen atoms in total. The molecule has 0 saturated carbocycles. The lowest BCUT2D eigenvalue weighted by atomic mass is 9.95. The number of hydrogen-bond donors (Lipinski definition) is 3. The molecule has 168 valence electrons. The molecule has 0 radical (unpaired) electrons. The van der Waals surface area contributed by atoms with E-state index in [4.69, 9.17) is 16.3 Å². The van der Waals surface area contributed by atoms with Gasteiger partial charge < -0.3 is 15.4 Å². The van der Waals surface area contributed by atoms with Crippen LogP contribution in [0.5, 0.6) is 0 Å². The van der Waals surface area contributed by atoms with Crippen LogP contribution in [0.1, 0.15) is 27.6 Å². The van der Waals surface area contributed by atoms with E-state index in [-0.39, 0.29) is 22.7 Å². The SMILES string of the molecule is Cc1ccc(-c2noc(=O)[nH]2)cc1C(=O)NCC1CNCCOC1c1ccc(Cl)c(F)c1. The number of rotatable bonds is 5. The number of carbonyl (C=O) groups is 1. The highest BCUT2D eigenvalue weighted by atomic mass is 35.5. The second-order valence-electron chi connectivity index (χ2n) is 7.61. The molecule has 2 unspecified atom stereocenters. The second-order valence-corrected chi connectivity index (χ2v) is 8.02. The van der Waals surface area contributed by atoms with E-state index in [0.717, 1.165) is 5.56 Å². The zero-order valence-corrected chi connectivity index (χ0v) is 18.0. The molecule has 1 aliphatic heterocycles. The van der Waals surface area contributed by atoms with Gasteiger partial charge in [-0.3, -0.25) is 14.3 Å². The average molecular weight is 461 g/mol. The summed E-state index contributed by atoms with van der Waals surface area (Å²) >= 11 is 5.82. The minimum atomic E-state index is -0.669. The van der Waals surface area contributed by atoms with Crippen LogP contribution in [0.3, 0.4) is 0 Å². The van der Waals surface area contributed by atoms with E-state index in [1.807, 2.05) is 6.92 Å². The zero-order valence-electron chi connectivity index (χ0n) is 17.3. The zero-order chi connectivity index (χ0) is 22.7. The number of H-pyrrole nitrogens is 1. The van der Waals surface area contributed by atoms with Crippen LogP contribution in [0.4, 0.5) is 4.39 Å². The molecule has 3 aromatic rings. The number of aromatic amines is 1. The molecule has 1 fully saturated rings. The van der Waals surface area contributed by atoms with Gasteiger partial charge in [0.15, 0.2) is 5.82 Å². The number of aromatic nitrogens is 2. The summed E-state index contributed by atoms with van der Waals surface area (Å²) < 4.78 is 24.5.